The predicted molar refractivity (Wildman–Crippen MR) is 80.8 cm³/mol. The van der Waals surface area contributed by atoms with Crippen LogP contribution in [-0.2, 0) is 4.57 Å². The van der Waals surface area contributed by atoms with Gasteiger partial charge in [0.1, 0.15) is 19.2 Å². The van der Waals surface area contributed by atoms with Crippen LogP contribution in [-0.4, -0.2) is 24.7 Å². The van der Waals surface area contributed by atoms with E-state index in [1.54, 1.807) is 13.3 Å². The molecule has 1 aromatic heterocycles. The fourth-order valence-corrected chi connectivity index (χ4v) is 2.61. The van der Waals surface area contributed by atoms with Crippen molar-refractivity contribution in [3.8, 4) is 5.75 Å². The Kier molecular flexibility index (Phi) is 2.87. The molecule has 0 bridgehead atoms. The third-order valence-corrected chi connectivity index (χ3v) is 3.77. The monoisotopic (exact) mass is 273 g/mol. The lowest BCUT2D eigenvalue weighted by molar-refractivity contribution is 0.378. The maximum atomic E-state index is 11.7. The Hall–Kier alpha value is -1.73. The van der Waals surface area contributed by atoms with Gasteiger partial charge in [-0.2, -0.15) is 0 Å². The Morgan fingerprint density at radius 2 is 1.79 bits per heavy atom. The lowest BCUT2D eigenvalue weighted by Gasteiger charge is -2.09. The first-order valence-corrected chi connectivity index (χ1v) is 8.99. The summed E-state index contributed by atoms with van der Waals surface area (Å²) < 4.78 is 17.3. The van der Waals surface area contributed by atoms with E-state index in [1.165, 1.54) is 10.8 Å². The lowest BCUT2D eigenvalue weighted by atomic mass is 10.1. The van der Waals surface area contributed by atoms with Crippen molar-refractivity contribution in [1.82, 2.24) is 4.98 Å². The van der Waals surface area contributed by atoms with Gasteiger partial charge in [-0.05, 0) is 31.5 Å². The molecule has 3 aromatic rings. The van der Waals surface area contributed by atoms with Gasteiger partial charge < -0.3 is 14.3 Å². The van der Waals surface area contributed by atoms with Gasteiger partial charge >= 0.3 is 0 Å². The molecular weight excluding hydrogens is 257 g/mol. The number of ether oxygens (including phenoxy) is 1. The molecule has 0 radical (unpaired) electrons. The molecule has 0 saturated heterocycles. The Labute approximate surface area is 112 Å². The molecule has 0 spiro atoms. The maximum Gasteiger partial charge on any atom is 0.140 e. The van der Waals surface area contributed by atoms with Crippen LogP contribution >= 0.6 is 7.14 Å². The molecule has 0 aliphatic rings. The van der Waals surface area contributed by atoms with Crippen molar-refractivity contribution in [2.24, 2.45) is 0 Å². The van der Waals surface area contributed by atoms with E-state index in [9.17, 15) is 4.57 Å². The van der Waals surface area contributed by atoms with Crippen LogP contribution in [0.1, 0.15) is 0 Å². The van der Waals surface area contributed by atoms with E-state index >= 15 is 0 Å². The van der Waals surface area contributed by atoms with E-state index in [4.69, 9.17) is 4.74 Å². The van der Waals surface area contributed by atoms with E-state index < -0.39 is 7.14 Å². The number of fused-ring (bicyclic) bond motifs is 3. The zero-order valence-electron chi connectivity index (χ0n) is 11.0. The number of hydrogen-bond donors (Lipinski definition) is 1. The number of rotatable bonds is 3. The molecule has 4 heteroatoms. The Morgan fingerprint density at radius 3 is 2.58 bits per heavy atom. The summed E-state index contributed by atoms with van der Waals surface area (Å²) in [6.07, 6.45) is 0.277. The van der Waals surface area contributed by atoms with E-state index in [0.29, 0.717) is 0 Å². The van der Waals surface area contributed by atoms with E-state index in [2.05, 4.69) is 17.1 Å². The van der Waals surface area contributed by atoms with E-state index in [1.807, 2.05) is 30.3 Å². The molecule has 2 aromatic carbocycles. The molecule has 0 saturated carbocycles. The van der Waals surface area contributed by atoms with Gasteiger partial charge in [0.25, 0.3) is 0 Å². The van der Waals surface area contributed by atoms with Gasteiger partial charge in [0.05, 0.1) is 5.52 Å². The van der Waals surface area contributed by atoms with Crippen molar-refractivity contribution in [3.05, 3.63) is 42.5 Å². The van der Waals surface area contributed by atoms with Gasteiger partial charge in [0, 0.05) is 22.4 Å². The molecule has 3 nitrogen and oxygen atoms in total. The summed E-state index contributed by atoms with van der Waals surface area (Å²) in [7, 11) is -2.15. The molecule has 1 N–H and O–H groups in total. The quantitative estimate of drug-likeness (QED) is 0.724. The summed E-state index contributed by atoms with van der Waals surface area (Å²) in [5, 5.41) is 2.39. The van der Waals surface area contributed by atoms with Crippen molar-refractivity contribution >= 4 is 28.9 Å². The number of hydrogen-bond acceptors (Lipinski definition) is 2. The number of para-hydroxylation sites is 1. The molecule has 0 amide bonds. The molecule has 0 fully saturated rings. The fourth-order valence-electron chi connectivity index (χ4n) is 2.15. The third kappa shape index (κ3) is 2.52. The van der Waals surface area contributed by atoms with Gasteiger partial charge in [0.2, 0.25) is 0 Å². The highest BCUT2D eigenvalue weighted by atomic mass is 31.2. The van der Waals surface area contributed by atoms with Crippen LogP contribution in [0.4, 0.5) is 0 Å². The highest BCUT2D eigenvalue weighted by Crippen LogP contribution is 2.36. The van der Waals surface area contributed by atoms with Crippen molar-refractivity contribution in [1.29, 1.82) is 0 Å². The highest BCUT2D eigenvalue weighted by molar-refractivity contribution is 7.62. The van der Waals surface area contributed by atoms with Gasteiger partial charge in [-0.15, -0.1) is 0 Å². The number of aromatic nitrogens is 1. The van der Waals surface area contributed by atoms with Crippen LogP contribution < -0.4 is 4.74 Å². The van der Waals surface area contributed by atoms with Crippen LogP contribution in [0.3, 0.4) is 0 Å². The minimum absolute atomic E-state index is 0.277. The van der Waals surface area contributed by atoms with Crippen molar-refractivity contribution < 1.29 is 9.30 Å². The second-order valence-corrected chi connectivity index (χ2v) is 8.63. The summed E-state index contributed by atoms with van der Waals surface area (Å²) in [6.45, 7) is 3.46. The summed E-state index contributed by atoms with van der Waals surface area (Å²) in [4.78, 5) is 3.37. The molecule has 0 aliphatic carbocycles. The number of nitrogens with one attached hydrogen (secondary N) is 1. The van der Waals surface area contributed by atoms with Gasteiger partial charge in [0.15, 0.2) is 0 Å². The molecule has 0 unspecified atom stereocenters. The first kappa shape index (κ1) is 12.3. The van der Waals surface area contributed by atoms with Crippen LogP contribution in [0.15, 0.2) is 42.5 Å². The molecule has 0 atom stereocenters. The summed E-state index contributed by atoms with van der Waals surface area (Å²) in [6, 6.07) is 14.1. The third-order valence-electron chi connectivity index (χ3n) is 3.02. The second-order valence-electron chi connectivity index (χ2n) is 5.23. The van der Waals surface area contributed by atoms with Crippen LogP contribution in [0.2, 0.25) is 0 Å². The van der Waals surface area contributed by atoms with Crippen molar-refractivity contribution in [2.75, 3.05) is 19.7 Å². The molecule has 0 aliphatic heterocycles. The summed E-state index contributed by atoms with van der Waals surface area (Å²) >= 11 is 0. The maximum absolute atomic E-state index is 11.7. The fraction of sp³-hybridized carbons (Fsp3) is 0.200. The molecule has 19 heavy (non-hydrogen) atoms. The van der Waals surface area contributed by atoms with Gasteiger partial charge in [-0.25, -0.2) is 0 Å². The number of aromatic amines is 1. The largest absolute Gasteiger partial charge is 0.486 e. The molecule has 3 rings (SSSR count). The Morgan fingerprint density at radius 1 is 1.05 bits per heavy atom. The average molecular weight is 273 g/mol. The van der Waals surface area contributed by atoms with Crippen LogP contribution in [0, 0.1) is 0 Å². The van der Waals surface area contributed by atoms with Gasteiger partial charge in [-0.3, -0.25) is 0 Å². The SMILES string of the molecule is CP(C)(=O)COc1ccc2c(c1)[nH]c1ccccc12. The second kappa shape index (κ2) is 4.43. The minimum atomic E-state index is -2.15. The summed E-state index contributed by atoms with van der Waals surface area (Å²) in [5.41, 5.74) is 2.16. The Balaban J connectivity index is 2.01. The number of benzene rings is 2. The highest BCUT2D eigenvalue weighted by Gasteiger charge is 2.09. The molecule has 1 heterocycles. The van der Waals surface area contributed by atoms with E-state index in [-0.39, 0.29) is 6.35 Å². The normalized spacial score (nSPS) is 12.1. The smallest absolute Gasteiger partial charge is 0.140 e. The van der Waals surface area contributed by atoms with Crippen molar-refractivity contribution in [3.63, 3.8) is 0 Å². The molecule has 98 valence electrons. The average Bonchev–Trinajstić information content (AvgIpc) is 2.73. The Bertz CT molecular complexity index is 785. The zero-order chi connectivity index (χ0) is 13.5. The predicted octanol–water partition coefficient (Wildman–Crippen LogP) is 4.28. The van der Waals surface area contributed by atoms with Crippen LogP contribution in [0.5, 0.6) is 5.75 Å². The number of H-pyrrole nitrogens is 1. The first-order chi connectivity index (χ1) is 9.03. The van der Waals surface area contributed by atoms with Crippen LogP contribution in [0.25, 0.3) is 21.8 Å². The van der Waals surface area contributed by atoms with E-state index in [0.717, 1.165) is 16.8 Å². The molecular formula is C15H16NO2P. The summed E-state index contributed by atoms with van der Waals surface area (Å²) in [5.74, 6) is 0.753. The zero-order valence-corrected chi connectivity index (χ0v) is 11.9. The topological polar surface area (TPSA) is 42.1 Å². The van der Waals surface area contributed by atoms with Gasteiger partial charge in [-0.1, -0.05) is 18.2 Å². The standard InChI is InChI=1S/C15H16NO2P/c1-19(2,17)10-18-11-7-8-13-12-5-3-4-6-14(12)16-15(13)9-11/h3-9,16H,10H2,1-2H3. The van der Waals surface area contributed by atoms with Crippen molar-refractivity contribution in [2.45, 2.75) is 0 Å². The lowest BCUT2D eigenvalue weighted by Crippen LogP contribution is -1.96. The first-order valence-electron chi connectivity index (χ1n) is 6.20. The minimum Gasteiger partial charge on any atom is -0.486 e.